The van der Waals surface area contributed by atoms with Crippen LogP contribution in [0.4, 0.5) is 4.79 Å². The van der Waals surface area contributed by atoms with Crippen LogP contribution in [0.3, 0.4) is 0 Å². The van der Waals surface area contributed by atoms with E-state index in [2.05, 4.69) is 10.6 Å². The number of benzene rings is 2. The number of carbonyl (C=O) groups is 2. The molecule has 1 atom stereocenters. The van der Waals surface area contributed by atoms with Gasteiger partial charge in [0.2, 0.25) is 5.91 Å². The van der Waals surface area contributed by atoms with E-state index in [9.17, 15) is 9.59 Å². The molecule has 3 amide bonds. The molecule has 2 aromatic rings. The van der Waals surface area contributed by atoms with E-state index in [1.165, 1.54) is 0 Å². The second kappa shape index (κ2) is 8.33. The number of hydrogen-bond acceptors (Lipinski definition) is 2. The molecule has 0 radical (unpaired) electrons. The Hall–Kier alpha value is -2.82. The monoisotopic (exact) mass is 337 g/mol. The number of likely N-dealkylation sites (tertiary alicyclic amines) is 1. The van der Waals surface area contributed by atoms with E-state index in [0.29, 0.717) is 32.6 Å². The fraction of sp³-hybridized carbons (Fsp3) is 0.300. The Balaban J connectivity index is 1.40. The highest BCUT2D eigenvalue weighted by Crippen LogP contribution is 2.19. The van der Waals surface area contributed by atoms with Crippen molar-refractivity contribution in [3.8, 4) is 0 Å². The van der Waals surface area contributed by atoms with Crippen LogP contribution in [-0.2, 0) is 17.9 Å². The molecule has 1 heterocycles. The van der Waals surface area contributed by atoms with E-state index in [-0.39, 0.29) is 17.9 Å². The van der Waals surface area contributed by atoms with Gasteiger partial charge in [-0.3, -0.25) is 4.79 Å². The van der Waals surface area contributed by atoms with Crippen LogP contribution < -0.4 is 10.6 Å². The highest BCUT2D eigenvalue weighted by Gasteiger charge is 2.29. The molecule has 0 saturated carbocycles. The van der Waals surface area contributed by atoms with Gasteiger partial charge in [-0.2, -0.15) is 0 Å². The minimum absolute atomic E-state index is 0.153. The van der Waals surface area contributed by atoms with Crippen LogP contribution in [0.25, 0.3) is 0 Å². The van der Waals surface area contributed by atoms with Crippen molar-refractivity contribution < 1.29 is 9.59 Å². The molecule has 5 heteroatoms. The summed E-state index contributed by atoms with van der Waals surface area (Å²) >= 11 is 0. The number of nitrogens with zero attached hydrogens (tertiary/aromatic N) is 1. The van der Waals surface area contributed by atoms with Crippen molar-refractivity contribution in [3.63, 3.8) is 0 Å². The van der Waals surface area contributed by atoms with Crippen LogP contribution in [0.5, 0.6) is 0 Å². The van der Waals surface area contributed by atoms with Crippen molar-refractivity contribution >= 4 is 11.9 Å². The first-order valence-electron chi connectivity index (χ1n) is 8.58. The van der Waals surface area contributed by atoms with E-state index in [4.69, 9.17) is 0 Å². The summed E-state index contributed by atoms with van der Waals surface area (Å²) in [5, 5.41) is 5.71. The molecule has 1 saturated heterocycles. The Kier molecular flexibility index (Phi) is 5.67. The molecular formula is C20H23N3O2. The Morgan fingerprint density at radius 3 is 2.28 bits per heavy atom. The number of rotatable bonds is 6. The predicted molar refractivity (Wildman–Crippen MR) is 96.6 cm³/mol. The molecule has 0 aliphatic carbocycles. The number of carbonyl (C=O) groups excluding carboxylic acids is 2. The molecule has 5 nitrogen and oxygen atoms in total. The third kappa shape index (κ3) is 5.08. The highest BCUT2D eigenvalue weighted by atomic mass is 16.2. The SMILES string of the molecule is O=C(NCc1ccccc1)NCC1CC(=O)N(Cc2ccccc2)C1. The van der Waals surface area contributed by atoms with Gasteiger partial charge in [0.15, 0.2) is 0 Å². The largest absolute Gasteiger partial charge is 0.338 e. The lowest BCUT2D eigenvalue weighted by Crippen LogP contribution is -2.38. The van der Waals surface area contributed by atoms with Gasteiger partial charge in [-0.05, 0) is 11.1 Å². The zero-order valence-electron chi connectivity index (χ0n) is 14.2. The maximum atomic E-state index is 12.1. The molecule has 3 rings (SSSR count). The molecule has 25 heavy (non-hydrogen) atoms. The maximum absolute atomic E-state index is 12.1. The van der Waals surface area contributed by atoms with Gasteiger partial charge < -0.3 is 15.5 Å². The number of urea groups is 1. The molecule has 2 N–H and O–H groups in total. The lowest BCUT2D eigenvalue weighted by Gasteiger charge is -2.17. The third-order valence-electron chi connectivity index (χ3n) is 4.36. The average Bonchev–Trinajstić information content (AvgIpc) is 2.99. The number of nitrogens with one attached hydrogen (secondary N) is 2. The number of amides is 3. The topological polar surface area (TPSA) is 61.4 Å². The molecule has 0 spiro atoms. The Morgan fingerprint density at radius 1 is 0.960 bits per heavy atom. The third-order valence-corrected chi connectivity index (χ3v) is 4.36. The summed E-state index contributed by atoms with van der Waals surface area (Å²) in [5.74, 6) is 0.319. The van der Waals surface area contributed by atoms with Crippen LogP contribution in [0.2, 0.25) is 0 Å². The summed E-state index contributed by atoms with van der Waals surface area (Å²) in [7, 11) is 0. The van der Waals surface area contributed by atoms with E-state index in [1.54, 1.807) is 0 Å². The first-order valence-corrected chi connectivity index (χ1v) is 8.58. The first kappa shape index (κ1) is 17.0. The standard InChI is InChI=1S/C20H23N3O2/c24-19-11-18(15-23(19)14-17-9-5-2-6-10-17)13-22-20(25)21-12-16-7-3-1-4-8-16/h1-10,18H,11-15H2,(H2,21,22,25). The van der Waals surface area contributed by atoms with Gasteiger partial charge in [-0.1, -0.05) is 60.7 Å². The molecule has 0 bridgehead atoms. The molecule has 1 aliphatic heterocycles. The van der Waals surface area contributed by atoms with Crippen molar-refractivity contribution in [1.29, 1.82) is 0 Å². The normalized spacial score (nSPS) is 16.7. The van der Waals surface area contributed by atoms with Crippen LogP contribution in [0, 0.1) is 5.92 Å². The molecular weight excluding hydrogens is 314 g/mol. The quantitative estimate of drug-likeness (QED) is 0.851. The Morgan fingerprint density at radius 2 is 1.60 bits per heavy atom. The summed E-state index contributed by atoms with van der Waals surface area (Å²) in [6.07, 6.45) is 0.492. The van der Waals surface area contributed by atoms with Crippen LogP contribution in [-0.4, -0.2) is 29.9 Å². The molecule has 2 aromatic carbocycles. The summed E-state index contributed by atoms with van der Waals surface area (Å²) in [6.45, 7) is 2.33. The minimum atomic E-state index is -0.196. The highest BCUT2D eigenvalue weighted by molar-refractivity contribution is 5.79. The van der Waals surface area contributed by atoms with Crippen molar-refractivity contribution in [2.24, 2.45) is 5.92 Å². The second-order valence-electron chi connectivity index (χ2n) is 6.38. The number of hydrogen-bond donors (Lipinski definition) is 2. The van der Waals surface area contributed by atoms with Gasteiger partial charge in [-0.15, -0.1) is 0 Å². The first-order chi connectivity index (χ1) is 12.2. The van der Waals surface area contributed by atoms with E-state index < -0.39 is 0 Å². The average molecular weight is 337 g/mol. The summed E-state index contributed by atoms with van der Waals surface area (Å²) < 4.78 is 0. The fourth-order valence-electron chi connectivity index (χ4n) is 3.03. The molecule has 0 aromatic heterocycles. The summed E-state index contributed by atoms with van der Waals surface area (Å²) in [5.41, 5.74) is 2.19. The zero-order valence-corrected chi connectivity index (χ0v) is 14.2. The van der Waals surface area contributed by atoms with Crippen molar-refractivity contribution in [2.75, 3.05) is 13.1 Å². The molecule has 130 valence electrons. The van der Waals surface area contributed by atoms with Gasteiger partial charge in [0.25, 0.3) is 0 Å². The minimum Gasteiger partial charge on any atom is -0.338 e. The Labute approximate surface area is 148 Å². The summed E-state index contributed by atoms with van der Waals surface area (Å²) in [4.78, 5) is 25.9. The molecule has 1 aliphatic rings. The Bertz CT molecular complexity index is 703. The molecule has 1 fully saturated rings. The fourth-order valence-corrected chi connectivity index (χ4v) is 3.03. The lowest BCUT2D eigenvalue weighted by atomic mass is 10.1. The van der Waals surface area contributed by atoms with Gasteiger partial charge in [0.05, 0.1) is 0 Å². The zero-order chi connectivity index (χ0) is 17.5. The van der Waals surface area contributed by atoms with Gasteiger partial charge >= 0.3 is 6.03 Å². The van der Waals surface area contributed by atoms with Crippen LogP contribution >= 0.6 is 0 Å². The van der Waals surface area contributed by atoms with Gasteiger partial charge in [0, 0.05) is 38.5 Å². The smallest absolute Gasteiger partial charge is 0.315 e. The van der Waals surface area contributed by atoms with Crippen molar-refractivity contribution in [3.05, 3.63) is 71.8 Å². The second-order valence-corrected chi connectivity index (χ2v) is 6.38. The van der Waals surface area contributed by atoms with E-state index in [1.807, 2.05) is 65.6 Å². The van der Waals surface area contributed by atoms with Gasteiger partial charge in [-0.25, -0.2) is 4.79 Å². The lowest BCUT2D eigenvalue weighted by molar-refractivity contribution is -0.128. The maximum Gasteiger partial charge on any atom is 0.315 e. The van der Waals surface area contributed by atoms with E-state index in [0.717, 1.165) is 11.1 Å². The molecule has 1 unspecified atom stereocenters. The van der Waals surface area contributed by atoms with Crippen molar-refractivity contribution in [2.45, 2.75) is 19.5 Å². The summed E-state index contributed by atoms with van der Waals surface area (Å²) in [6, 6.07) is 19.6. The van der Waals surface area contributed by atoms with Gasteiger partial charge in [0.1, 0.15) is 0 Å². The van der Waals surface area contributed by atoms with Crippen molar-refractivity contribution in [1.82, 2.24) is 15.5 Å². The van der Waals surface area contributed by atoms with E-state index >= 15 is 0 Å². The van der Waals surface area contributed by atoms with Crippen LogP contribution in [0.1, 0.15) is 17.5 Å². The van der Waals surface area contributed by atoms with Crippen LogP contribution in [0.15, 0.2) is 60.7 Å². The predicted octanol–water partition coefficient (Wildman–Crippen LogP) is 2.53.